The van der Waals surface area contributed by atoms with Gasteiger partial charge in [0.2, 0.25) is 15.4 Å². The predicted molar refractivity (Wildman–Crippen MR) is 85.1 cm³/mol. The molecule has 1 aliphatic carbocycles. The van der Waals surface area contributed by atoms with Crippen LogP contribution in [-0.2, 0) is 14.8 Å². The Hall–Kier alpha value is -1.06. The van der Waals surface area contributed by atoms with E-state index in [4.69, 9.17) is 0 Å². The summed E-state index contributed by atoms with van der Waals surface area (Å²) in [5.41, 5.74) is 0. The minimum absolute atomic E-state index is 0.109. The van der Waals surface area contributed by atoms with Crippen LogP contribution in [0.5, 0.6) is 0 Å². The third kappa shape index (κ3) is 4.72. The van der Waals surface area contributed by atoms with Crippen LogP contribution in [0.3, 0.4) is 0 Å². The van der Waals surface area contributed by atoms with E-state index in [0.29, 0.717) is 12.5 Å². The molecule has 1 amide bonds. The fourth-order valence-corrected chi connectivity index (χ4v) is 4.36. The lowest BCUT2D eigenvalue weighted by Crippen LogP contribution is -2.30. The van der Waals surface area contributed by atoms with Gasteiger partial charge in [0.05, 0.1) is 0 Å². The molecule has 1 saturated carbocycles. The van der Waals surface area contributed by atoms with Gasteiger partial charge in [-0.25, -0.2) is 13.1 Å². The third-order valence-electron chi connectivity index (χ3n) is 3.68. The average molecular weight is 346 g/mol. The van der Waals surface area contributed by atoms with Crippen molar-refractivity contribution >= 4 is 32.4 Å². The summed E-state index contributed by atoms with van der Waals surface area (Å²) < 4.78 is 26.9. The zero-order valence-electron chi connectivity index (χ0n) is 12.8. The topological polar surface area (TPSA) is 101 Å². The molecule has 7 nitrogen and oxygen atoms in total. The highest BCUT2D eigenvalue weighted by Crippen LogP contribution is 2.24. The van der Waals surface area contributed by atoms with Crippen LogP contribution in [0.15, 0.2) is 4.34 Å². The summed E-state index contributed by atoms with van der Waals surface area (Å²) in [6.45, 7) is 3.94. The molecule has 0 saturated heterocycles. The van der Waals surface area contributed by atoms with Gasteiger partial charge < -0.3 is 5.32 Å². The van der Waals surface area contributed by atoms with Crippen LogP contribution >= 0.6 is 11.3 Å². The van der Waals surface area contributed by atoms with Gasteiger partial charge in [-0.3, -0.25) is 4.79 Å². The Morgan fingerprint density at radius 3 is 2.59 bits per heavy atom. The highest BCUT2D eigenvalue weighted by molar-refractivity contribution is 7.91. The Kier molecular flexibility index (Phi) is 5.87. The normalized spacial score (nSPS) is 16.9. The van der Waals surface area contributed by atoms with E-state index < -0.39 is 10.0 Å². The van der Waals surface area contributed by atoms with Crippen LogP contribution in [-0.4, -0.2) is 31.1 Å². The van der Waals surface area contributed by atoms with Gasteiger partial charge in [0, 0.05) is 12.5 Å². The van der Waals surface area contributed by atoms with Crippen molar-refractivity contribution in [1.82, 2.24) is 14.9 Å². The zero-order valence-corrected chi connectivity index (χ0v) is 14.5. The molecule has 1 aromatic heterocycles. The molecule has 0 radical (unpaired) electrons. The van der Waals surface area contributed by atoms with Crippen molar-refractivity contribution < 1.29 is 13.2 Å². The van der Waals surface area contributed by atoms with Crippen molar-refractivity contribution in [2.45, 2.75) is 50.3 Å². The van der Waals surface area contributed by atoms with Crippen molar-refractivity contribution in [2.75, 3.05) is 11.9 Å². The number of anilines is 1. The molecule has 22 heavy (non-hydrogen) atoms. The van der Waals surface area contributed by atoms with E-state index in [-0.39, 0.29) is 21.3 Å². The molecule has 0 aliphatic heterocycles. The molecule has 1 aliphatic rings. The first-order valence-corrected chi connectivity index (χ1v) is 9.82. The predicted octanol–water partition coefficient (Wildman–Crippen LogP) is 1.99. The fraction of sp³-hybridized carbons (Fsp3) is 0.769. The molecule has 9 heteroatoms. The first-order chi connectivity index (χ1) is 10.4. The second kappa shape index (κ2) is 7.47. The van der Waals surface area contributed by atoms with Crippen LogP contribution in [0.4, 0.5) is 5.13 Å². The maximum Gasteiger partial charge on any atom is 0.269 e. The second-order valence-corrected chi connectivity index (χ2v) is 8.79. The maximum atomic E-state index is 12.2. The minimum Gasteiger partial charge on any atom is -0.300 e. The monoisotopic (exact) mass is 346 g/mol. The molecule has 1 heterocycles. The number of hydrogen-bond donors (Lipinski definition) is 2. The minimum atomic E-state index is -3.65. The van der Waals surface area contributed by atoms with Gasteiger partial charge in [-0.1, -0.05) is 44.4 Å². The number of rotatable bonds is 6. The van der Waals surface area contributed by atoms with E-state index in [1.165, 1.54) is 6.42 Å². The van der Waals surface area contributed by atoms with E-state index in [2.05, 4.69) is 20.2 Å². The average Bonchev–Trinajstić information content (AvgIpc) is 2.95. The summed E-state index contributed by atoms with van der Waals surface area (Å²) in [4.78, 5) is 11.6. The molecule has 0 bridgehead atoms. The van der Waals surface area contributed by atoms with Gasteiger partial charge in [0.25, 0.3) is 10.0 Å². The number of hydrogen-bond acceptors (Lipinski definition) is 6. The van der Waals surface area contributed by atoms with Gasteiger partial charge in [-0.2, -0.15) is 0 Å². The SMILES string of the molecule is CC(C)C(=O)Nc1nnc(S(=O)(=O)NCC2CCCCC2)s1. The second-order valence-electron chi connectivity index (χ2n) is 5.87. The Labute approximate surface area is 135 Å². The fourth-order valence-electron chi connectivity index (χ4n) is 2.30. The van der Waals surface area contributed by atoms with E-state index in [1.807, 2.05) is 0 Å². The number of nitrogens with zero attached hydrogens (tertiary/aromatic N) is 2. The van der Waals surface area contributed by atoms with Gasteiger partial charge in [0.1, 0.15) is 0 Å². The highest BCUT2D eigenvalue weighted by atomic mass is 32.2. The lowest BCUT2D eigenvalue weighted by molar-refractivity contribution is -0.118. The van der Waals surface area contributed by atoms with Crippen LogP contribution in [0.1, 0.15) is 46.0 Å². The largest absolute Gasteiger partial charge is 0.300 e. The molecule has 1 fully saturated rings. The van der Waals surface area contributed by atoms with Crippen molar-refractivity contribution in [2.24, 2.45) is 11.8 Å². The van der Waals surface area contributed by atoms with Gasteiger partial charge in [0.15, 0.2) is 0 Å². The molecule has 124 valence electrons. The molecular formula is C13H22N4O3S2. The van der Waals surface area contributed by atoms with E-state index in [9.17, 15) is 13.2 Å². The zero-order chi connectivity index (χ0) is 16.2. The molecule has 2 N–H and O–H groups in total. The summed E-state index contributed by atoms with van der Waals surface area (Å²) in [6, 6.07) is 0. The highest BCUT2D eigenvalue weighted by Gasteiger charge is 2.23. The maximum absolute atomic E-state index is 12.2. The number of amides is 1. The Morgan fingerprint density at radius 1 is 1.27 bits per heavy atom. The van der Waals surface area contributed by atoms with Crippen molar-refractivity contribution in [3.05, 3.63) is 0 Å². The molecule has 0 spiro atoms. The van der Waals surface area contributed by atoms with Crippen molar-refractivity contribution in [3.8, 4) is 0 Å². The van der Waals surface area contributed by atoms with Crippen LogP contribution < -0.4 is 10.0 Å². The van der Waals surface area contributed by atoms with E-state index >= 15 is 0 Å². The van der Waals surface area contributed by atoms with Crippen LogP contribution in [0, 0.1) is 11.8 Å². The van der Waals surface area contributed by atoms with Crippen molar-refractivity contribution in [1.29, 1.82) is 0 Å². The van der Waals surface area contributed by atoms with Crippen LogP contribution in [0.2, 0.25) is 0 Å². The molecule has 0 atom stereocenters. The van der Waals surface area contributed by atoms with Gasteiger partial charge in [-0.05, 0) is 18.8 Å². The number of carbonyl (C=O) groups excluding carboxylic acids is 1. The summed E-state index contributed by atoms with van der Waals surface area (Å²) in [6.07, 6.45) is 5.69. The van der Waals surface area contributed by atoms with Gasteiger partial charge >= 0.3 is 0 Å². The van der Waals surface area contributed by atoms with Crippen LogP contribution in [0.25, 0.3) is 0 Å². The number of sulfonamides is 1. The first kappa shape index (κ1) is 17.3. The van der Waals surface area contributed by atoms with Crippen molar-refractivity contribution in [3.63, 3.8) is 0 Å². The summed E-state index contributed by atoms with van der Waals surface area (Å²) >= 11 is 0.868. The molecule has 1 aromatic rings. The Balaban J connectivity index is 1.94. The smallest absolute Gasteiger partial charge is 0.269 e. The first-order valence-electron chi connectivity index (χ1n) is 7.52. The lowest BCUT2D eigenvalue weighted by Gasteiger charge is -2.21. The summed E-state index contributed by atoms with van der Waals surface area (Å²) in [5.74, 6) is -0.0137. The molecule has 0 unspecified atom stereocenters. The number of nitrogens with one attached hydrogen (secondary N) is 2. The summed E-state index contributed by atoms with van der Waals surface area (Å²) in [5, 5.41) is 10.1. The molecule has 2 rings (SSSR count). The Bertz CT molecular complexity index is 607. The van der Waals surface area contributed by atoms with Gasteiger partial charge in [-0.15, -0.1) is 10.2 Å². The van der Waals surface area contributed by atoms with E-state index in [0.717, 1.165) is 37.0 Å². The standard InChI is InChI=1S/C13H22N4O3S2/c1-9(2)11(18)15-12-16-17-13(21-12)22(19,20)14-8-10-6-4-3-5-7-10/h9-10,14H,3-8H2,1-2H3,(H,15,16,18). The Morgan fingerprint density at radius 2 is 1.95 bits per heavy atom. The van der Waals surface area contributed by atoms with E-state index in [1.54, 1.807) is 13.8 Å². The number of aromatic nitrogens is 2. The molecule has 0 aromatic carbocycles. The quantitative estimate of drug-likeness (QED) is 0.767. The number of carbonyl (C=O) groups is 1. The summed E-state index contributed by atoms with van der Waals surface area (Å²) in [7, 11) is -3.65. The molecular weight excluding hydrogens is 324 g/mol. The third-order valence-corrected chi connectivity index (χ3v) is 6.31. The lowest BCUT2D eigenvalue weighted by atomic mass is 9.90.